The minimum atomic E-state index is -4.25. The Labute approximate surface area is 212 Å². The summed E-state index contributed by atoms with van der Waals surface area (Å²) < 4.78 is 61.1. The highest BCUT2D eigenvalue weighted by Crippen LogP contribution is 2.38. The van der Waals surface area contributed by atoms with Gasteiger partial charge in [0.2, 0.25) is 21.8 Å². The molecule has 0 spiro atoms. The van der Waals surface area contributed by atoms with Crippen molar-refractivity contribution in [1.82, 2.24) is 24.7 Å². The summed E-state index contributed by atoms with van der Waals surface area (Å²) in [5.74, 6) is 0.971. The van der Waals surface area contributed by atoms with Gasteiger partial charge in [0.05, 0.1) is 32.2 Å². The van der Waals surface area contributed by atoms with E-state index in [1.54, 1.807) is 37.3 Å². The molecule has 14 heteroatoms. The summed E-state index contributed by atoms with van der Waals surface area (Å²) in [6.45, 7) is 4.59. The molecule has 196 valence electrons. The Bertz CT molecular complexity index is 1490. The van der Waals surface area contributed by atoms with Crippen molar-refractivity contribution in [3.8, 4) is 28.8 Å². The van der Waals surface area contributed by atoms with Crippen LogP contribution in [0, 0.1) is 12.7 Å². The van der Waals surface area contributed by atoms with Crippen LogP contribution in [0.2, 0.25) is 0 Å². The van der Waals surface area contributed by atoms with Crippen LogP contribution in [0.25, 0.3) is 17.3 Å². The molecule has 4 rings (SSSR count). The number of ether oxygens (including phenoxy) is 2. The van der Waals surface area contributed by atoms with Crippen molar-refractivity contribution in [3.05, 3.63) is 60.1 Å². The molecule has 0 aliphatic heterocycles. The van der Waals surface area contributed by atoms with E-state index in [0.717, 1.165) is 12.4 Å². The van der Waals surface area contributed by atoms with E-state index in [2.05, 4.69) is 24.9 Å². The number of nitrogens with zero attached hydrogens (tertiary/aromatic N) is 5. The second kappa shape index (κ2) is 9.78. The first-order valence-corrected chi connectivity index (χ1v) is 12.6. The summed E-state index contributed by atoms with van der Waals surface area (Å²) in [5, 5.41) is 6.99. The monoisotopic (exact) mass is 531 g/mol. The zero-order valence-electron chi connectivity index (χ0n) is 20.8. The molecule has 0 amide bonds. The van der Waals surface area contributed by atoms with E-state index >= 15 is 0 Å². The highest BCUT2D eigenvalue weighted by molar-refractivity contribution is 7.93. The van der Waals surface area contributed by atoms with E-state index in [1.165, 1.54) is 32.6 Å². The topological polar surface area (TPSA) is 160 Å². The summed E-state index contributed by atoms with van der Waals surface area (Å²) in [7, 11) is -1.31. The van der Waals surface area contributed by atoms with Crippen LogP contribution in [0.4, 0.5) is 10.3 Å². The molecule has 37 heavy (non-hydrogen) atoms. The van der Waals surface area contributed by atoms with Crippen molar-refractivity contribution in [3.63, 3.8) is 0 Å². The van der Waals surface area contributed by atoms with E-state index in [1.807, 2.05) is 0 Å². The first kappa shape index (κ1) is 26.0. The van der Waals surface area contributed by atoms with Gasteiger partial charge in [-0.3, -0.25) is 9.29 Å². The van der Waals surface area contributed by atoms with Gasteiger partial charge in [-0.25, -0.2) is 22.8 Å². The summed E-state index contributed by atoms with van der Waals surface area (Å²) in [6.07, 6.45) is 1.84. The van der Waals surface area contributed by atoms with Crippen LogP contribution in [-0.4, -0.2) is 52.6 Å². The minimum Gasteiger partial charge on any atom is -0.494 e. The molecule has 3 heterocycles. The number of hydrogen-bond donors (Lipinski definition) is 2. The number of benzene rings is 1. The van der Waals surface area contributed by atoms with Crippen molar-refractivity contribution in [2.45, 2.75) is 31.6 Å². The quantitative estimate of drug-likeness (QED) is 0.329. The Balaban J connectivity index is 1.84. The van der Waals surface area contributed by atoms with Crippen LogP contribution in [0.3, 0.4) is 0 Å². The fourth-order valence-electron chi connectivity index (χ4n) is 3.64. The molecule has 3 N–H and O–H groups in total. The number of aryl methyl sites for hydroxylation is 1. The Morgan fingerprint density at radius 2 is 1.73 bits per heavy atom. The second-order valence-electron chi connectivity index (χ2n) is 8.40. The lowest BCUT2D eigenvalue weighted by Crippen LogP contribution is -2.50. The average molecular weight is 532 g/mol. The largest absolute Gasteiger partial charge is 0.494 e. The van der Waals surface area contributed by atoms with Gasteiger partial charge >= 0.3 is 0 Å². The Morgan fingerprint density at radius 3 is 2.27 bits per heavy atom. The molecule has 0 saturated heterocycles. The van der Waals surface area contributed by atoms with Crippen LogP contribution in [0.15, 0.2) is 47.1 Å². The lowest BCUT2D eigenvalue weighted by atomic mass is 9.99. The molecule has 0 aliphatic rings. The normalized spacial score (nSPS) is 14.1. The van der Waals surface area contributed by atoms with Crippen LogP contribution < -0.4 is 19.9 Å². The molecule has 12 nitrogen and oxygen atoms in total. The average Bonchev–Trinajstić information content (AvgIpc) is 3.48. The van der Waals surface area contributed by atoms with Crippen LogP contribution in [-0.2, 0) is 15.6 Å². The third-order valence-electron chi connectivity index (χ3n) is 5.89. The standard InChI is InChI=1S/C23H26FN7O5S/c1-13-9-10-18(36-13)20-28-29-22(31(20)19-16(34-4)7-6-8-17(19)35-5)30-37(32,33)14(2)23(3,25)21-26-11-15(24)12-27-21/h6-12,14H,25H2,1-5H3,(H,29,30)/t14-,23?/m0/s1. The molecule has 0 radical (unpaired) electrons. The number of aromatic nitrogens is 5. The number of hydrogen-bond acceptors (Lipinski definition) is 10. The van der Waals surface area contributed by atoms with Crippen LogP contribution in [0.5, 0.6) is 11.5 Å². The molecule has 2 atom stereocenters. The van der Waals surface area contributed by atoms with Crippen molar-refractivity contribution >= 4 is 16.0 Å². The van der Waals surface area contributed by atoms with Crippen LogP contribution in [0.1, 0.15) is 25.4 Å². The maximum absolute atomic E-state index is 13.5. The van der Waals surface area contributed by atoms with Gasteiger partial charge < -0.3 is 19.6 Å². The third-order valence-corrected chi connectivity index (χ3v) is 7.78. The fraction of sp³-hybridized carbons (Fsp3) is 0.304. The van der Waals surface area contributed by atoms with Crippen LogP contribution >= 0.6 is 0 Å². The van der Waals surface area contributed by atoms with Gasteiger partial charge in [0.1, 0.15) is 34.0 Å². The molecular weight excluding hydrogens is 505 g/mol. The number of rotatable bonds is 9. The van der Waals surface area contributed by atoms with E-state index in [-0.39, 0.29) is 17.6 Å². The first-order chi connectivity index (χ1) is 17.5. The first-order valence-electron chi connectivity index (χ1n) is 11.0. The summed E-state index contributed by atoms with van der Waals surface area (Å²) in [6, 6.07) is 8.50. The molecule has 0 fully saturated rings. The SMILES string of the molecule is COc1cccc(OC)c1-n1c(NS(=O)(=O)[C@@H](C)C(C)(N)c2ncc(F)cn2)nnc1-c1ccc(C)o1. The lowest BCUT2D eigenvalue weighted by molar-refractivity contribution is 0.391. The van der Waals surface area contributed by atoms with Crippen molar-refractivity contribution in [2.24, 2.45) is 5.73 Å². The highest BCUT2D eigenvalue weighted by Gasteiger charge is 2.41. The number of nitrogens with one attached hydrogen (secondary N) is 1. The van der Waals surface area contributed by atoms with Gasteiger partial charge in [0, 0.05) is 0 Å². The van der Waals surface area contributed by atoms with Crippen molar-refractivity contribution < 1.29 is 26.7 Å². The summed E-state index contributed by atoms with van der Waals surface area (Å²) >= 11 is 0. The smallest absolute Gasteiger partial charge is 0.243 e. The van der Waals surface area contributed by atoms with Crippen molar-refractivity contribution in [1.29, 1.82) is 0 Å². The number of sulfonamides is 1. The molecule has 4 aromatic rings. The van der Waals surface area contributed by atoms with E-state index in [0.29, 0.717) is 28.7 Å². The number of furan rings is 1. The molecule has 0 aliphatic carbocycles. The number of halogens is 1. The summed E-state index contributed by atoms with van der Waals surface area (Å²) in [4.78, 5) is 7.73. The predicted octanol–water partition coefficient (Wildman–Crippen LogP) is 2.79. The van der Waals surface area contributed by atoms with Gasteiger partial charge in [-0.2, -0.15) is 0 Å². The van der Waals surface area contributed by atoms with E-state index in [4.69, 9.17) is 19.6 Å². The van der Waals surface area contributed by atoms with Gasteiger partial charge in [0.25, 0.3) is 0 Å². The predicted molar refractivity (Wildman–Crippen MR) is 132 cm³/mol. The van der Waals surface area contributed by atoms with Gasteiger partial charge in [-0.1, -0.05) is 6.07 Å². The molecule has 0 bridgehead atoms. The maximum Gasteiger partial charge on any atom is 0.243 e. The van der Waals surface area contributed by atoms with Gasteiger partial charge in [-0.05, 0) is 45.0 Å². The van der Waals surface area contributed by atoms with E-state index < -0.39 is 26.6 Å². The Morgan fingerprint density at radius 1 is 1.11 bits per heavy atom. The zero-order valence-corrected chi connectivity index (χ0v) is 21.6. The van der Waals surface area contributed by atoms with Gasteiger partial charge in [0.15, 0.2) is 11.6 Å². The highest BCUT2D eigenvalue weighted by atomic mass is 32.2. The fourth-order valence-corrected chi connectivity index (χ4v) is 4.95. The zero-order chi connectivity index (χ0) is 27.0. The van der Waals surface area contributed by atoms with Crippen molar-refractivity contribution in [2.75, 3.05) is 18.9 Å². The third kappa shape index (κ3) is 4.84. The minimum absolute atomic E-state index is 0.0496. The second-order valence-corrected chi connectivity index (χ2v) is 10.4. The molecule has 0 saturated carbocycles. The molecule has 1 aromatic carbocycles. The Kier molecular flexibility index (Phi) is 6.88. The molecular formula is C23H26FN7O5S. The number of methoxy groups -OCH3 is 2. The number of anilines is 1. The maximum atomic E-state index is 13.5. The number of nitrogens with two attached hydrogens (primary N) is 1. The molecule has 3 aromatic heterocycles. The Hall–Kier alpha value is -4.04. The molecule has 1 unspecified atom stereocenters. The van der Waals surface area contributed by atoms with Gasteiger partial charge in [-0.15, -0.1) is 10.2 Å². The van der Waals surface area contributed by atoms with E-state index in [9.17, 15) is 12.8 Å². The number of para-hydroxylation sites is 1. The lowest BCUT2D eigenvalue weighted by Gasteiger charge is -2.29. The summed E-state index contributed by atoms with van der Waals surface area (Å²) in [5.41, 5.74) is 5.09.